The number of nitrogens with zero attached hydrogens (tertiary/aromatic N) is 1. The van der Waals surface area contributed by atoms with Gasteiger partial charge >= 0.3 is 5.97 Å². The van der Waals surface area contributed by atoms with Crippen molar-refractivity contribution in [2.75, 3.05) is 13.7 Å². The van der Waals surface area contributed by atoms with Gasteiger partial charge in [-0.25, -0.2) is 0 Å². The van der Waals surface area contributed by atoms with Crippen LogP contribution in [-0.2, 0) is 19.1 Å². The van der Waals surface area contributed by atoms with Crippen LogP contribution in [0.3, 0.4) is 0 Å². The van der Waals surface area contributed by atoms with Gasteiger partial charge in [0, 0.05) is 18.0 Å². The molecule has 0 aromatic rings. The molecule has 0 aromatic carbocycles. The highest BCUT2D eigenvalue weighted by atomic mass is 16.6. The lowest BCUT2D eigenvalue weighted by molar-refractivity contribution is -0.149. The van der Waals surface area contributed by atoms with Crippen molar-refractivity contribution in [3.63, 3.8) is 0 Å². The molecule has 0 amide bonds. The third-order valence-corrected chi connectivity index (χ3v) is 3.30. The predicted molar refractivity (Wildman–Crippen MR) is 82.4 cm³/mol. The van der Waals surface area contributed by atoms with E-state index in [2.05, 4.69) is 5.73 Å². The maximum atomic E-state index is 11.3. The predicted octanol–water partition coefficient (Wildman–Crippen LogP) is 0.259. The molecule has 1 fully saturated rings. The fraction of sp³-hybridized carbons (Fsp3) is 0.600. The zero-order chi connectivity index (χ0) is 16.5. The fourth-order valence-electron chi connectivity index (χ4n) is 2.19. The van der Waals surface area contributed by atoms with E-state index >= 15 is 0 Å². The van der Waals surface area contributed by atoms with Crippen LogP contribution in [0.25, 0.3) is 0 Å². The summed E-state index contributed by atoms with van der Waals surface area (Å²) in [6.07, 6.45) is 8.55. The Kier molecular flexibility index (Phi) is 7.79. The smallest absolute Gasteiger partial charge is 0.322 e. The van der Waals surface area contributed by atoms with Crippen molar-refractivity contribution >= 4 is 12.3 Å². The van der Waals surface area contributed by atoms with Gasteiger partial charge in [-0.05, 0) is 33.2 Å². The molecular formula is C15H25N3O4. The summed E-state index contributed by atoms with van der Waals surface area (Å²) < 4.78 is 10.9. The van der Waals surface area contributed by atoms with Crippen molar-refractivity contribution in [1.29, 1.82) is 0 Å². The molecule has 4 N–H and O–H groups in total. The van der Waals surface area contributed by atoms with Crippen LogP contribution in [-0.4, -0.2) is 49.2 Å². The summed E-state index contributed by atoms with van der Waals surface area (Å²) in [5.41, 5.74) is 10.6. The summed E-state index contributed by atoms with van der Waals surface area (Å²) in [6, 6.07) is -0.615. The standard InChI is InChI=1S/C14H20N2O4.CH5N/c1-10(15)14(18)19-9-12-4-5-13(20-12)16-6-2-3-11(7-16)8-17;1-2/h2,6-8,10,12-13H,3-5,9,15H2,1H3;2H2,1H3. The second kappa shape index (κ2) is 9.34. The second-order valence-electron chi connectivity index (χ2n) is 5.07. The molecule has 3 atom stereocenters. The molecule has 1 saturated heterocycles. The molecule has 0 saturated carbocycles. The van der Waals surface area contributed by atoms with Gasteiger partial charge < -0.3 is 25.8 Å². The molecule has 124 valence electrons. The normalized spacial score (nSPS) is 24.9. The number of carbonyl (C=O) groups is 2. The molecule has 0 aromatic heterocycles. The van der Waals surface area contributed by atoms with Crippen molar-refractivity contribution in [1.82, 2.24) is 4.90 Å². The van der Waals surface area contributed by atoms with Gasteiger partial charge in [0.2, 0.25) is 0 Å². The van der Waals surface area contributed by atoms with Gasteiger partial charge in [0.15, 0.2) is 0 Å². The van der Waals surface area contributed by atoms with E-state index in [0.29, 0.717) is 6.42 Å². The van der Waals surface area contributed by atoms with Crippen molar-refractivity contribution in [3.8, 4) is 0 Å². The highest BCUT2D eigenvalue weighted by Crippen LogP contribution is 2.25. The van der Waals surface area contributed by atoms with Crippen molar-refractivity contribution < 1.29 is 19.1 Å². The lowest BCUT2D eigenvalue weighted by atomic mass is 10.1. The number of aldehydes is 1. The second-order valence-corrected chi connectivity index (χ2v) is 5.07. The Labute approximate surface area is 130 Å². The van der Waals surface area contributed by atoms with Crippen LogP contribution in [0.4, 0.5) is 0 Å². The van der Waals surface area contributed by atoms with E-state index in [0.717, 1.165) is 24.7 Å². The van der Waals surface area contributed by atoms with Crippen molar-refractivity contribution in [2.45, 2.75) is 44.6 Å². The number of ether oxygens (including phenoxy) is 2. The third-order valence-electron chi connectivity index (χ3n) is 3.30. The SMILES string of the molecule is CC(N)C(=O)OCC1CCC(N2C=CCC(C=O)=C2)O1.CN. The fourth-order valence-corrected chi connectivity index (χ4v) is 2.19. The van der Waals surface area contributed by atoms with Gasteiger partial charge in [-0.1, -0.05) is 6.08 Å². The molecule has 7 heteroatoms. The van der Waals surface area contributed by atoms with Crippen LogP contribution in [0.2, 0.25) is 0 Å². The molecule has 3 unspecified atom stereocenters. The van der Waals surface area contributed by atoms with Crippen LogP contribution < -0.4 is 11.5 Å². The lowest BCUT2D eigenvalue weighted by Crippen LogP contribution is -2.32. The number of carbonyl (C=O) groups excluding carboxylic acids is 2. The largest absolute Gasteiger partial charge is 0.462 e. The Balaban J connectivity index is 0.00000116. The first kappa shape index (κ1) is 18.3. The molecular weight excluding hydrogens is 286 g/mol. The van der Waals surface area contributed by atoms with E-state index in [1.165, 1.54) is 7.05 Å². The summed E-state index contributed by atoms with van der Waals surface area (Å²) in [5.74, 6) is -0.418. The van der Waals surface area contributed by atoms with E-state index in [4.69, 9.17) is 15.2 Å². The first-order valence-electron chi connectivity index (χ1n) is 7.35. The zero-order valence-electron chi connectivity index (χ0n) is 13.1. The highest BCUT2D eigenvalue weighted by Gasteiger charge is 2.29. The summed E-state index contributed by atoms with van der Waals surface area (Å²) in [6.45, 7) is 1.81. The Hall–Kier alpha value is -1.70. The van der Waals surface area contributed by atoms with E-state index in [-0.39, 0.29) is 18.9 Å². The molecule has 2 aliphatic rings. The summed E-state index contributed by atoms with van der Waals surface area (Å²) in [7, 11) is 1.50. The third kappa shape index (κ3) is 5.25. The van der Waals surface area contributed by atoms with Gasteiger partial charge in [-0.3, -0.25) is 9.59 Å². The molecule has 7 nitrogen and oxygen atoms in total. The Morgan fingerprint density at radius 1 is 1.55 bits per heavy atom. The number of allylic oxidation sites excluding steroid dienone is 2. The quantitative estimate of drug-likeness (QED) is 0.554. The monoisotopic (exact) mass is 311 g/mol. The van der Waals surface area contributed by atoms with Crippen LogP contribution >= 0.6 is 0 Å². The van der Waals surface area contributed by atoms with Crippen LogP contribution in [0.15, 0.2) is 24.0 Å². The van der Waals surface area contributed by atoms with E-state index in [1.54, 1.807) is 13.1 Å². The van der Waals surface area contributed by atoms with Gasteiger partial charge in [0.1, 0.15) is 25.2 Å². The van der Waals surface area contributed by atoms with Gasteiger partial charge in [-0.15, -0.1) is 0 Å². The number of hydrogen-bond donors (Lipinski definition) is 2. The zero-order valence-corrected chi connectivity index (χ0v) is 13.1. The minimum Gasteiger partial charge on any atom is -0.462 e. The van der Waals surface area contributed by atoms with Crippen molar-refractivity contribution in [3.05, 3.63) is 24.0 Å². The summed E-state index contributed by atoms with van der Waals surface area (Å²) in [4.78, 5) is 24.0. The molecule has 22 heavy (non-hydrogen) atoms. The Morgan fingerprint density at radius 3 is 2.91 bits per heavy atom. The van der Waals surface area contributed by atoms with Crippen LogP contribution in [0, 0.1) is 0 Å². The molecule has 2 heterocycles. The first-order valence-corrected chi connectivity index (χ1v) is 7.35. The molecule has 2 rings (SSSR count). The number of hydrogen-bond acceptors (Lipinski definition) is 7. The molecule has 0 spiro atoms. The minimum atomic E-state index is -0.615. The molecule has 2 aliphatic heterocycles. The summed E-state index contributed by atoms with van der Waals surface area (Å²) in [5, 5.41) is 0. The first-order chi connectivity index (χ1) is 10.6. The van der Waals surface area contributed by atoms with Gasteiger partial charge in [0.05, 0.1) is 6.10 Å². The van der Waals surface area contributed by atoms with Crippen LogP contribution in [0.1, 0.15) is 26.2 Å². The van der Waals surface area contributed by atoms with Gasteiger partial charge in [0.25, 0.3) is 0 Å². The number of esters is 1. The topological polar surface area (TPSA) is 108 Å². The maximum absolute atomic E-state index is 11.3. The van der Waals surface area contributed by atoms with Crippen molar-refractivity contribution in [2.24, 2.45) is 11.5 Å². The molecule has 0 radical (unpaired) electrons. The Bertz CT molecular complexity index is 435. The van der Waals surface area contributed by atoms with E-state index < -0.39 is 12.0 Å². The van der Waals surface area contributed by atoms with Crippen LogP contribution in [0.5, 0.6) is 0 Å². The van der Waals surface area contributed by atoms with Gasteiger partial charge in [-0.2, -0.15) is 0 Å². The average Bonchev–Trinajstić information content (AvgIpc) is 3.03. The number of nitrogens with two attached hydrogens (primary N) is 2. The molecule has 0 aliphatic carbocycles. The van der Waals surface area contributed by atoms with E-state index in [1.807, 2.05) is 17.2 Å². The summed E-state index contributed by atoms with van der Waals surface area (Å²) >= 11 is 0. The average molecular weight is 311 g/mol. The highest BCUT2D eigenvalue weighted by molar-refractivity contribution is 5.75. The Morgan fingerprint density at radius 2 is 2.27 bits per heavy atom. The maximum Gasteiger partial charge on any atom is 0.322 e. The molecule has 0 bridgehead atoms. The minimum absolute atomic E-state index is 0.111. The lowest BCUT2D eigenvalue weighted by Gasteiger charge is -2.26. The van der Waals surface area contributed by atoms with E-state index in [9.17, 15) is 9.59 Å². The number of rotatable bonds is 5.